The van der Waals surface area contributed by atoms with Crippen LogP contribution in [0, 0.1) is 11.8 Å². The molecule has 1 atom stereocenters. The monoisotopic (exact) mass is 182 g/mol. The molecule has 13 heavy (non-hydrogen) atoms. The van der Waals surface area contributed by atoms with Gasteiger partial charge in [-0.15, -0.1) is 0 Å². The summed E-state index contributed by atoms with van der Waals surface area (Å²) < 4.78 is 0. The number of unbranched alkanes of at least 4 members (excludes halogenated alkanes) is 2. The molecule has 1 heteroatoms. The van der Waals surface area contributed by atoms with Gasteiger partial charge in [0.2, 0.25) is 0 Å². The van der Waals surface area contributed by atoms with Crippen LogP contribution >= 0.6 is 0 Å². The van der Waals surface area contributed by atoms with Gasteiger partial charge < -0.3 is 0 Å². The lowest BCUT2D eigenvalue weighted by Crippen LogP contribution is -2.08. The Bertz CT molecular complexity index is 168. The first kappa shape index (κ1) is 12.4. The Morgan fingerprint density at radius 3 is 2.31 bits per heavy atom. The van der Waals surface area contributed by atoms with E-state index in [0.29, 0.717) is 11.8 Å². The third-order valence-electron chi connectivity index (χ3n) is 2.60. The van der Waals surface area contributed by atoms with E-state index >= 15 is 0 Å². The van der Waals surface area contributed by atoms with Gasteiger partial charge in [0.15, 0.2) is 0 Å². The Kier molecular flexibility index (Phi) is 6.56. The lowest BCUT2D eigenvalue weighted by atomic mass is 9.90. The molecule has 0 radical (unpaired) electrons. The van der Waals surface area contributed by atoms with Crippen molar-refractivity contribution in [2.45, 2.75) is 47.0 Å². The average Bonchev–Trinajstić information content (AvgIpc) is 2.11. The Hall–Kier alpha value is -0.590. The normalized spacial score (nSPS) is 14.7. The largest absolute Gasteiger partial charge is 0.298 e. The quantitative estimate of drug-likeness (QED) is 0.348. The molecule has 0 heterocycles. The van der Waals surface area contributed by atoms with Crippen molar-refractivity contribution < 1.29 is 4.79 Å². The molecule has 0 aliphatic rings. The molecule has 0 aromatic rings. The highest BCUT2D eigenvalue weighted by molar-refractivity contribution is 5.73. The van der Waals surface area contributed by atoms with Crippen LogP contribution in [-0.4, -0.2) is 6.29 Å². The van der Waals surface area contributed by atoms with Crippen LogP contribution in [0.25, 0.3) is 0 Å². The number of carbonyl (C=O) groups excluding carboxylic acids is 1. The van der Waals surface area contributed by atoms with Crippen molar-refractivity contribution >= 4 is 6.29 Å². The summed E-state index contributed by atoms with van der Waals surface area (Å²) in [5, 5.41) is 0. The molecular formula is C12H22O. The van der Waals surface area contributed by atoms with E-state index in [4.69, 9.17) is 0 Å². The first-order valence-corrected chi connectivity index (χ1v) is 5.28. The topological polar surface area (TPSA) is 17.1 Å². The molecule has 1 unspecified atom stereocenters. The molecule has 0 saturated heterocycles. The van der Waals surface area contributed by atoms with Crippen LogP contribution in [0.5, 0.6) is 0 Å². The van der Waals surface area contributed by atoms with Crippen molar-refractivity contribution in [1.29, 1.82) is 0 Å². The van der Waals surface area contributed by atoms with E-state index in [-0.39, 0.29) is 0 Å². The lowest BCUT2D eigenvalue weighted by molar-refractivity contribution is -0.105. The molecule has 0 aliphatic heterocycles. The van der Waals surface area contributed by atoms with Gasteiger partial charge in [-0.05, 0) is 23.8 Å². The molecule has 0 amide bonds. The van der Waals surface area contributed by atoms with Gasteiger partial charge in [0.25, 0.3) is 0 Å². The minimum atomic E-state index is 0.398. The second-order valence-electron chi connectivity index (χ2n) is 4.00. The third kappa shape index (κ3) is 4.87. The van der Waals surface area contributed by atoms with Crippen molar-refractivity contribution in [3.63, 3.8) is 0 Å². The summed E-state index contributed by atoms with van der Waals surface area (Å²) in [7, 11) is 0. The van der Waals surface area contributed by atoms with Gasteiger partial charge in [0.1, 0.15) is 6.29 Å². The fraction of sp³-hybridized carbons (Fsp3) is 0.750. The van der Waals surface area contributed by atoms with Crippen LogP contribution in [0.2, 0.25) is 0 Å². The molecule has 0 N–H and O–H groups in total. The van der Waals surface area contributed by atoms with E-state index in [1.807, 2.05) is 0 Å². The van der Waals surface area contributed by atoms with Crippen LogP contribution in [0.15, 0.2) is 11.6 Å². The number of carbonyl (C=O) groups is 1. The highest BCUT2D eigenvalue weighted by Crippen LogP contribution is 2.18. The zero-order chi connectivity index (χ0) is 10.3. The van der Waals surface area contributed by atoms with E-state index in [2.05, 4.69) is 33.8 Å². The maximum Gasteiger partial charge on any atom is 0.145 e. The van der Waals surface area contributed by atoms with Crippen molar-refractivity contribution in [2.75, 3.05) is 0 Å². The minimum absolute atomic E-state index is 0.398. The number of aldehydes is 1. The van der Waals surface area contributed by atoms with E-state index in [0.717, 1.165) is 18.3 Å². The zero-order valence-corrected chi connectivity index (χ0v) is 9.34. The number of hydrogen-bond donors (Lipinski definition) is 0. The molecule has 0 bridgehead atoms. The van der Waals surface area contributed by atoms with Gasteiger partial charge in [-0.2, -0.15) is 0 Å². The Morgan fingerprint density at radius 1 is 1.31 bits per heavy atom. The highest BCUT2D eigenvalue weighted by atomic mass is 16.1. The second kappa shape index (κ2) is 6.88. The van der Waals surface area contributed by atoms with Crippen LogP contribution in [0.3, 0.4) is 0 Å². The number of rotatable bonds is 6. The summed E-state index contributed by atoms with van der Waals surface area (Å²) in [5.41, 5.74) is 0.975. The molecule has 0 rings (SSSR count). The zero-order valence-electron chi connectivity index (χ0n) is 9.34. The van der Waals surface area contributed by atoms with Gasteiger partial charge >= 0.3 is 0 Å². The maximum absolute atomic E-state index is 10.8. The number of hydrogen-bond acceptors (Lipinski definition) is 1. The van der Waals surface area contributed by atoms with E-state index < -0.39 is 0 Å². The Labute approximate surface area is 82.2 Å². The number of allylic oxidation sites excluding steroid dienone is 2. The molecule has 76 valence electrons. The van der Waals surface area contributed by atoms with Gasteiger partial charge in [-0.1, -0.05) is 46.6 Å². The van der Waals surface area contributed by atoms with Crippen LogP contribution < -0.4 is 0 Å². The van der Waals surface area contributed by atoms with Crippen molar-refractivity contribution in [3.8, 4) is 0 Å². The average molecular weight is 182 g/mol. The van der Waals surface area contributed by atoms with Crippen molar-refractivity contribution in [3.05, 3.63) is 11.6 Å². The predicted molar refractivity (Wildman–Crippen MR) is 57.7 cm³/mol. The highest BCUT2D eigenvalue weighted by Gasteiger charge is 2.11. The smallest absolute Gasteiger partial charge is 0.145 e. The third-order valence-corrected chi connectivity index (χ3v) is 2.60. The summed E-state index contributed by atoms with van der Waals surface area (Å²) in [5.74, 6) is 0.951. The Morgan fingerprint density at radius 2 is 1.92 bits per heavy atom. The van der Waals surface area contributed by atoms with Crippen LogP contribution in [0.1, 0.15) is 47.0 Å². The molecule has 0 saturated carbocycles. The maximum atomic E-state index is 10.8. The van der Waals surface area contributed by atoms with E-state index in [1.165, 1.54) is 12.8 Å². The minimum Gasteiger partial charge on any atom is -0.298 e. The molecule has 1 nitrogen and oxygen atoms in total. The summed E-state index contributed by atoms with van der Waals surface area (Å²) in [6.45, 7) is 8.60. The summed E-state index contributed by atoms with van der Waals surface area (Å²) in [6, 6.07) is 0. The summed E-state index contributed by atoms with van der Waals surface area (Å²) in [6.07, 6.45) is 6.53. The lowest BCUT2D eigenvalue weighted by Gasteiger charge is -2.15. The van der Waals surface area contributed by atoms with Gasteiger partial charge in [0.05, 0.1) is 0 Å². The molecule has 0 aromatic carbocycles. The first-order chi connectivity index (χ1) is 6.13. The fourth-order valence-corrected chi connectivity index (χ4v) is 1.20. The van der Waals surface area contributed by atoms with Crippen molar-refractivity contribution in [2.24, 2.45) is 11.8 Å². The van der Waals surface area contributed by atoms with E-state index in [9.17, 15) is 4.79 Å². The van der Waals surface area contributed by atoms with Crippen LogP contribution in [0.4, 0.5) is 0 Å². The molecule has 0 spiro atoms. The summed E-state index contributed by atoms with van der Waals surface area (Å²) in [4.78, 5) is 10.8. The van der Waals surface area contributed by atoms with Gasteiger partial charge in [-0.3, -0.25) is 4.79 Å². The van der Waals surface area contributed by atoms with Gasteiger partial charge in [-0.25, -0.2) is 0 Å². The standard InChI is InChI=1S/C12H22O/c1-5-6-7-8-12(9-13)11(4)10(2)3/h8-11H,5-7H2,1-4H3. The molecule has 0 aliphatic carbocycles. The van der Waals surface area contributed by atoms with E-state index in [1.54, 1.807) is 0 Å². The fourth-order valence-electron chi connectivity index (χ4n) is 1.20. The summed E-state index contributed by atoms with van der Waals surface area (Å²) >= 11 is 0. The van der Waals surface area contributed by atoms with Crippen LogP contribution in [-0.2, 0) is 4.79 Å². The van der Waals surface area contributed by atoms with Gasteiger partial charge in [0, 0.05) is 0 Å². The SMILES string of the molecule is CCCCC=C(C=O)C(C)C(C)C. The van der Waals surface area contributed by atoms with Crippen molar-refractivity contribution in [1.82, 2.24) is 0 Å². The second-order valence-corrected chi connectivity index (χ2v) is 4.00. The Balaban J connectivity index is 4.14. The predicted octanol–water partition coefficient (Wildman–Crippen LogP) is 3.59. The first-order valence-electron chi connectivity index (χ1n) is 5.28. The molecular weight excluding hydrogens is 160 g/mol. The molecule has 0 aromatic heterocycles. The molecule has 0 fully saturated rings.